The summed E-state index contributed by atoms with van der Waals surface area (Å²) in [4.78, 5) is 23.8. The maximum Gasteiger partial charge on any atom is 0.257 e. The Hall–Kier alpha value is -2.04. The van der Waals surface area contributed by atoms with Crippen molar-refractivity contribution in [3.63, 3.8) is 0 Å². The normalized spacial score (nSPS) is 15.3. The van der Waals surface area contributed by atoms with Gasteiger partial charge in [-0.1, -0.05) is 52.2 Å². The fourth-order valence-corrected chi connectivity index (χ4v) is 3.11. The zero-order valence-electron chi connectivity index (χ0n) is 16.3. The SMILES string of the molecule is CC(C)(C)c1cccc(OCC(=O)NCCC(=O)NC2CCCCC2)c1. The summed E-state index contributed by atoms with van der Waals surface area (Å²) in [6.07, 6.45) is 6.09. The zero-order chi connectivity index (χ0) is 19.0. The minimum Gasteiger partial charge on any atom is -0.484 e. The average Bonchev–Trinajstić information content (AvgIpc) is 2.60. The number of ether oxygens (including phenoxy) is 1. The summed E-state index contributed by atoms with van der Waals surface area (Å²) in [7, 11) is 0. The molecule has 1 aliphatic carbocycles. The largest absolute Gasteiger partial charge is 0.484 e. The van der Waals surface area contributed by atoms with Crippen LogP contribution in [0.3, 0.4) is 0 Å². The van der Waals surface area contributed by atoms with Gasteiger partial charge >= 0.3 is 0 Å². The first-order chi connectivity index (χ1) is 12.3. The van der Waals surface area contributed by atoms with E-state index in [4.69, 9.17) is 4.74 Å². The quantitative estimate of drug-likeness (QED) is 0.784. The van der Waals surface area contributed by atoms with E-state index in [9.17, 15) is 9.59 Å². The first kappa shape index (κ1) is 20.3. The van der Waals surface area contributed by atoms with Gasteiger partial charge in [-0.15, -0.1) is 0 Å². The summed E-state index contributed by atoms with van der Waals surface area (Å²) in [6.45, 7) is 6.70. The summed E-state index contributed by atoms with van der Waals surface area (Å²) < 4.78 is 5.57. The molecule has 144 valence electrons. The van der Waals surface area contributed by atoms with Crippen molar-refractivity contribution in [1.29, 1.82) is 0 Å². The lowest BCUT2D eigenvalue weighted by Crippen LogP contribution is -2.38. The van der Waals surface area contributed by atoms with Gasteiger partial charge in [-0.25, -0.2) is 0 Å². The third-order valence-corrected chi connectivity index (χ3v) is 4.71. The van der Waals surface area contributed by atoms with E-state index in [2.05, 4.69) is 37.5 Å². The molecule has 26 heavy (non-hydrogen) atoms. The van der Waals surface area contributed by atoms with Crippen molar-refractivity contribution in [3.8, 4) is 5.75 Å². The Bertz CT molecular complexity index is 602. The third kappa shape index (κ3) is 7.06. The Labute approximate surface area is 156 Å². The summed E-state index contributed by atoms with van der Waals surface area (Å²) >= 11 is 0. The number of benzene rings is 1. The molecule has 0 bridgehead atoms. The van der Waals surface area contributed by atoms with Gasteiger partial charge in [0.1, 0.15) is 5.75 Å². The molecular weight excluding hydrogens is 328 g/mol. The Morgan fingerprint density at radius 3 is 2.54 bits per heavy atom. The van der Waals surface area contributed by atoms with Crippen molar-refractivity contribution in [2.75, 3.05) is 13.2 Å². The predicted octanol–water partition coefficient (Wildman–Crippen LogP) is 3.32. The lowest BCUT2D eigenvalue weighted by atomic mass is 9.87. The molecule has 5 heteroatoms. The van der Waals surface area contributed by atoms with Gasteiger partial charge in [0.2, 0.25) is 5.91 Å². The average molecular weight is 360 g/mol. The summed E-state index contributed by atoms with van der Waals surface area (Å²) in [5.41, 5.74) is 1.20. The van der Waals surface area contributed by atoms with Gasteiger partial charge in [0, 0.05) is 19.0 Å². The number of hydrogen-bond donors (Lipinski definition) is 2. The van der Waals surface area contributed by atoms with Crippen LogP contribution in [0.25, 0.3) is 0 Å². The molecule has 1 aromatic rings. The van der Waals surface area contributed by atoms with Gasteiger partial charge in [0.25, 0.3) is 5.91 Å². The van der Waals surface area contributed by atoms with Crippen LogP contribution < -0.4 is 15.4 Å². The lowest BCUT2D eigenvalue weighted by molar-refractivity contribution is -0.123. The van der Waals surface area contributed by atoms with Gasteiger partial charge in [-0.2, -0.15) is 0 Å². The Balaban J connectivity index is 1.65. The maximum absolute atomic E-state index is 11.9. The Morgan fingerprint density at radius 2 is 1.85 bits per heavy atom. The third-order valence-electron chi connectivity index (χ3n) is 4.71. The number of nitrogens with one attached hydrogen (secondary N) is 2. The second-order valence-corrected chi connectivity index (χ2v) is 8.07. The first-order valence-corrected chi connectivity index (χ1v) is 9.64. The smallest absolute Gasteiger partial charge is 0.257 e. The van der Waals surface area contributed by atoms with Crippen molar-refractivity contribution in [3.05, 3.63) is 29.8 Å². The van der Waals surface area contributed by atoms with E-state index in [-0.39, 0.29) is 23.8 Å². The van der Waals surface area contributed by atoms with Crippen LogP contribution in [-0.2, 0) is 15.0 Å². The van der Waals surface area contributed by atoms with Crippen LogP contribution in [0.15, 0.2) is 24.3 Å². The monoisotopic (exact) mass is 360 g/mol. The highest BCUT2D eigenvalue weighted by atomic mass is 16.5. The number of carbonyl (C=O) groups is 2. The fourth-order valence-electron chi connectivity index (χ4n) is 3.11. The second kappa shape index (κ2) is 9.60. The van der Waals surface area contributed by atoms with Crippen molar-refractivity contribution in [1.82, 2.24) is 10.6 Å². The molecule has 0 aromatic heterocycles. The highest BCUT2D eigenvalue weighted by Crippen LogP contribution is 2.25. The molecule has 5 nitrogen and oxygen atoms in total. The van der Waals surface area contributed by atoms with E-state index < -0.39 is 0 Å². The predicted molar refractivity (Wildman–Crippen MR) is 103 cm³/mol. The summed E-state index contributed by atoms with van der Waals surface area (Å²) in [6, 6.07) is 8.11. The highest BCUT2D eigenvalue weighted by Gasteiger charge is 2.16. The number of amides is 2. The minimum atomic E-state index is -0.211. The second-order valence-electron chi connectivity index (χ2n) is 8.07. The summed E-state index contributed by atoms with van der Waals surface area (Å²) in [5.74, 6) is 0.482. The molecule has 0 radical (unpaired) electrons. The van der Waals surface area contributed by atoms with Crippen LogP contribution in [-0.4, -0.2) is 31.0 Å². The molecule has 0 spiro atoms. The van der Waals surface area contributed by atoms with Gasteiger partial charge in [-0.05, 0) is 36.0 Å². The molecule has 1 aromatic carbocycles. The molecule has 1 saturated carbocycles. The van der Waals surface area contributed by atoms with Crippen LogP contribution in [0.1, 0.15) is 64.9 Å². The van der Waals surface area contributed by atoms with Crippen molar-refractivity contribution < 1.29 is 14.3 Å². The fraction of sp³-hybridized carbons (Fsp3) is 0.619. The van der Waals surface area contributed by atoms with Crippen LogP contribution in [0, 0.1) is 0 Å². The minimum absolute atomic E-state index is 0.0102. The Morgan fingerprint density at radius 1 is 1.12 bits per heavy atom. The van der Waals surface area contributed by atoms with E-state index in [0.29, 0.717) is 24.8 Å². The Kier molecular flexibility index (Phi) is 7.49. The highest BCUT2D eigenvalue weighted by molar-refractivity contribution is 5.79. The summed E-state index contributed by atoms with van der Waals surface area (Å²) in [5, 5.41) is 5.79. The molecule has 0 aliphatic heterocycles. The lowest BCUT2D eigenvalue weighted by Gasteiger charge is -2.22. The van der Waals surface area contributed by atoms with E-state index in [1.165, 1.54) is 19.3 Å². The van der Waals surface area contributed by atoms with Crippen molar-refractivity contribution in [2.24, 2.45) is 0 Å². The molecule has 2 N–H and O–H groups in total. The topological polar surface area (TPSA) is 67.4 Å². The van der Waals surface area contributed by atoms with Crippen LogP contribution in [0.2, 0.25) is 0 Å². The number of carbonyl (C=O) groups excluding carboxylic acids is 2. The van der Waals surface area contributed by atoms with Crippen molar-refractivity contribution in [2.45, 2.75) is 70.8 Å². The van der Waals surface area contributed by atoms with Gasteiger partial charge in [0.15, 0.2) is 6.61 Å². The van der Waals surface area contributed by atoms with E-state index in [0.717, 1.165) is 18.4 Å². The maximum atomic E-state index is 11.9. The molecule has 0 heterocycles. The molecule has 1 fully saturated rings. The van der Waals surface area contributed by atoms with Crippen LogP contribution in [0.4, 0.5) is 0 Å². The number of hydrogen-bond acceptors (Lipinski definition) is 3. The van der Waals surface area contributed by atoms with E-state index in [1.807, 2.05) is 18.2 Å². The van der Waals surface area contributed by atoms with Crippen LogP contribution >= 0.6 is 0 Å². The van der Waals surface area contributed by atoms with Gasteiger partial charge < -0.3 is 15.4 Å². The molecular formula is C21H32N2O3. The van der Waals surface area contributed by atoms with Gasteiger partial charge in [0.05, 0.1) is 0 Å². The molecule has 2 rings (SSSR count). The van der Waals surface area contributed by atoms with E-state index in [1.54, 1.807) is 0 Å². The van der Waals surface area contributed by atoms with Crippen LogP contribution in [0.5, 0.6) is 5.75 Å². The molecule has 2 amide bonds. The molecule has 0 unspecified atom stereocenters. The molecule has 1 aliphatic rings. The molecule has 0 atom stereocenters. The van der Waals surface area contributed by atoms with Gasteiger partial charge in [-0.3, -0.25) is 9.59 Å². The first-order valence-electron chi connectivity index (χ1n) is 9.64. The standard InChI is InChI=1S/C21H32N2O3/c1-21(2,3)16-8-7-11-18(14-16)26-15-20(25)22-13-12-19(24)23-17-9-5-4-6-10-17/h7-8,11,14,17H,4-6,9-10,12-13,15H2,1-3H3,(H,22,25)(H,23,24). The molecule has 0 saturated heterocycles. The van der Waals surface area contributed by atoms with E-state index >= 15 is 0 Å². The number of rotatable bonds is 7. The van der Waals surface area contributed by atoms with Crippen molar-refractivity contribution >= 4 is 11.8 Å². The zero-order valence-corrected chi connectivity index (χ0v) is 16.3.